The third-order valence-corrected chi connectivity index (χ3v) is 18.7. The van der Waals surface area contributed by atoms with Gasteiger partial charge in [0.15, 0.2) is 11.6 Å². The number of pyridine rings is 2. The van der Waals surface area contributed by atoms with Gasteiger partial charge in [0.05, 0.1) is 81.4 Å². The molecule has 0 spiro atoms. The van der Waals surface area contributed by atoms with Crippen LogP contribution in [0.1, 0.15) is 16.7 Å². The van der Waals surface area contributed by atoms with Gasteiger partial charge in [0.25, 0.3) is 11.1 Å². The van der Waals surface area contributed by atoms with Gasteiger partial charge in [-0.2, -0.15) is 43.2 Å². The van der Waals surface area contributed by atoms with E-state index in [-0.39, 0.29) is 52.9 Å². The lowest BCUT2D eigenvalue weighted by molar-refractivity contribution is -0.0499. The number of anilines is 2. The number of H-pyrrole nitrogens is 1. The molecule has 8 heterocycles. The number of aromatic nitrogens is 5. The van der Waals surface area contributed by atoms with Crippen molar-refractivity contribution in [2.24, 2.45) is 0 Å². The molecule has 0 atom stereocenters. The largest absolute Gasteiger partial charge is 0.534 e. The Balaban J connectivity index is 0.000000185. The summed E-state index contributed by atoms with van der Waals surface area (Å²) in [5.41, 5.74) is -9.26. The molecule has 84 heavy (non-hydrogen) atoms. The zero-order chi connectivity index (χ0) is 59.5. The molecule has 2 fully saturated rings. The third-order valence-electron chi connectivity index (χ3n) is 14.4. The summed E-state index contributed by atoms with van der Waals surface area (Å²) in [7, 11) is -9.99. The van der Waals surface area contributed by atoms with Crippen LogP contribution in [0.15, 0.2) is 123 Å². The van der Waals surface area contributed by atoms with E-state index in [4.69, 9.17) is 18.9 Å². The predicted molar refractivity (Wildman–Crippen MR) is 309 cm³/mol. The second-order valence-electron chi connectivity index (χ2n) is 19.4. The fraction of sp³-hybridized carbons (Fsp3) is 0.268. The summed E-state index contributed by atoms with van der Waals surface area (Å²) < 4.78 is 163. The van der Waals surface area contributed by atoms with Crippen molar-refractivity contribution in [1.82, 2.24) is 23.1 Å². The molecule has 2 aliphatic heterocycles. The number of thiophene rings is 2. The normalized spacial score (nSPS) is 14.6. The van der Waals surface area contributed by atoms with Crippen LogP contribution < -0.4 is 34.6 Å². The number of fused-ring (bicyclic) bond motifs is 4. The van der Waals surface area contributed by atoms with Gasteiger partial charge >= 0.3 is 31.2 Å². The molecule has 10 aromatic rings. The maximum atomic E-state index is 14.3. The molecule has 0 amide bonds. The van der Waals surface area contributed by atoms with Crippen molar-refractivity contribution in [1.29, 1.82) is 0 Å². The SMILES string of the molecule is COc1ccc(Cn2c(=O)c(-c3cc4ccc(N5CCOCC5)cc4[nH]3)c(C)c3ccsc32)cc1.COc1ccc(Cn2c(=O)c(-c3nc4ccc(N5CCOCC5)cc4n3S(=O)(=O)C(F)(F)F)c(OS(=O)(=O)C(F)(F)F)c3ccsc32)cc1. The number of alkyl halides is 6. The number of aryl methyl sites for hydroxylation is 1. The van der Waals surface area contributed by atoms with Crippen LogP contribution >= 0.6 is 22.7 Å². The highest BCUT2D eigenvalue weighted by molar-refractivity contribution is 7.91. The van der Waals surface area contributed by atoms with E-state index in [0.717, 1.165) is 110 Å². The minimum atomic E-state index is -6.56. The molecule has 0 unspecified atom stereocenters. The topological polar surface area (TPSA) is 199 Å². The van der Waals surface area contributed by atoms with E-state index in [0.29, 0.717) is 17.9 Å². The number of rotatable bonds is 13. The summed E-state index contributed by atoms with van der Waals surface area (Å²) in [5, 5.41) is 5.10. The van der Waals surface area contributed by atoms with Crippen LogP contribution in [0.5, 0.6) is 17.2 Å². The number of ether oxygens (including phenoxy) is 4. The van der Waals surface area contributed by atoms with Gasteiger partial charge in [0.2, 0.25) is 0 Å². The number of nitrogens with zero attached hydrogens (tertiary/aromatic N) is 6. The Morgan fingerprint density at radius 2 is 1.14 bits per heavy atom. The average molecular weight is 1240 g/mol. The summed E-state index contributed by atoms with van der Waals surface area (Å²) >= 11 is 2.39. The van der Waals surface area contributed by atoms with Crippen molar-refractivity contribution in [2.75, 3.05) is 76.6 Å². The second kappa shape index (κ2) is 22.6. The van der Waals surface area contributed by atoms with Crippen molar-refractivity contribution in [3.8, 4) is 39.9 Å². The Morgan fingerprint density at radius 3 is 1.68 bits per heavy atom. The molecule has 0 bridgehead atoms. The number of hydrogen-bond donors (Lipinski definition) is 1. The smallest absolute Gasteiger partial charge is 0.497 e. The number of nitrogens with one attached hydrogen (secondary N) is 1. The Hall–Kier alpha value is -7.89. The number of methoxy groups -OCH3 is 2. The maximum absolute atomic E-state index is 14.3. The minimum absolute atomic E-state index is 0.0215. The zero-order valence-electron chi connectivity index (χ0n) is 44.6. The van der Waals surface area contributed by atoms with Gasteiger partial charge in [-0.25, -0.2) is 8.96 Å². The van der Waals surface area contributed by atoms with E-state index in [2.05, 4.69) is 54.8 Å². The summed E-state index contributed by atoms with van der Waals surface area (Å²) in [6, 6.07) is 29.4. The number of benzene rings is 4. The van der Waals surface area contributed by atoms with Crippen molar-refractivity contribution >= 4 is 96.6 Å². The van der Waals surface area contributed by atoms with Gasteiger partial charge in [0, 0.05) is 53.8 Å². The quantitative estimate of drug-likeness (QED) is 0.0650. The van der Waals surface area contributed by atoms with E-state index < -0.39 is 70.3 Å². The number of hydrogen-bond acceptors (Lipinski definition) is 16. The zero-order valence-corrected chi connectivity index (χ0v) is 47.9. The highest BCUT2D eigenvalue weighted by Crippen LogP contribution is 2.43. The number of aromatic amines is 1. The molecule has 4 aromatic carbocycles. The fourth-order valence-corrected chi connectivity index (χ4v) is 13.5. The standard InChI is InChI=1S/C28H22F6N4O8S3.C28H27N3O3S/c1-44-18-5-2-16(3-6-18)15-37-25(39)22(23(19-8-13-47-26(19)37)46-49(42,43)28(32,33)34)24-35-20-7-4-17(36-9-11-45-12-10-36)14-21(20)38(24)48(40,41)27(29,30)31;1-18-23-9-14-35-28(23)31(17-19-3-7-22(33-2)8-4-19)27(32)26(18)25-15-20-5-6-21(16-24(20)29-25)30-10-12-34-13-11-30/h2-8,13-14H,9-12,15H2,1H3;3-9,14-16,29H,10-13,17H2,1-2H3. The Labute approximate surface area is 482 Å². The Kier molecular flexibility index (Phi) is 15.6. The Morgan fingerprint density at radius 1 is 0.631 bits per heavy atom. The summed E-state index contributed by atoms with van der Waals surface area (Å²) in [6.07, 6.45) is 0. The van der Waals surface area contributed by atoms with Crippen LogP contribution in [-0.4, -0.2) is 118 Å². The molecule has 18 nitrogen and oxygen atoms in total. The highest BCUT2D eigenvalue weighted by Gasteiger charge is 2.52. The van der Waals surface area contributed by atoms with Crippen LogP contribution in [0.3, 0.4) is 0 Å². The second-order valence-corrected chi connectivity index (χ2v) is 24.5. The molecule has 2 aliphatic rings. The van der Waals surface area contributed by atoms with Gasteiger partial charge in [-0.1, -0.05) is 30.3 Å². The molecule has 0 saturated carbocycles. The van der Waals surface area contributed by atoms with Gasteiger partial charge in [-0.3, -0.25) is 18.7 Å². The molecular weight excluding hydrogens is 1190 g/mol. The first kappa shape index (κ1) is 57.9. The predicted octanol–water partition coefficient (Wildman–Crippen LogP) is 10.3. The highest BCUT2D eigenvalue weighted by atomic mass is 32.2. The summed E-state index contributed by atoms with van der Waals surface area (Å²) in [6.45, 7) is 6.59. The molecule has 2 saturated heterocycles. The van der Waals surface area contributed by atoms with Crippen molar-refractivity contribution in [3.05, 3.63) is 151 Å². The number of morpholine rings is 2. The van der Waals surface area contributed by atoms with Crippen LogP contribution in [0.2, 0.25) is 0 Å². The summed E-state index contributed by atoms with van der Waals surface area (Å²) in [5.74, 6) is -1.43. The van der Waals surface area contributed by atoms with Gasteiger partial charge < -0.3 is 37.9 Å². The molecule has 1 N–H and O–H groups in total. The lowest BCUT2D eigenvalue weighted by Gasteiger charge is -2.28. The lowest BCUT2D eigenvalue weighted by Crippen LogP contribution is -2.36. The number of halogens is 6. The van der Waals surface area contributed by atoms with E-state index in [1.54, 1.807) is 23.3 Å². The molecule has 440 valence electrons. The van der Waals surface area contributed by atoms with Crippen molar-refractivity contribution < 1.29 is 66.3 Å². The lowest BCUT2D eigenvalue weighted by atomic mass is 10.0. The van der Waals surface area contributed by atoms with Crippen LogP contribution in [0.4, 0.5) is 37.7 Å². The average Bonchev–Trinajstić information content (AvgIpc) is 1.97. The van der Waals surface area contributed by atoms with Gasteiger partial charge in [-0.15, -0.1) is 22.7 Å². The first-order valence-corrected chi connectivity index (χ1v) is 30.3. The minimum Gasteiger partial charge on any atom is -0.497 e. The van der Waals surface area contributed by atoms with E-state index in [9.17, 15) is 52.8 Å². The molecule has 28 heteroatoms. The van der Waals surface area contributed by atoms with Crippen LogP contribution in [0, 0.1) is 6.92 Å². The first-order valence-electron chi connectivity index (χ1n) is 25.7. The molecule has 0 radical (unpaired) electrons. The molecule has 0 aliphatic carbocycles. The molecule has 6 aromatic heterocycles. The summed E-state index contributed by atoms with van der Waals surface area (Å²) in [4.78, 5) is 40.7. The monoisotopic (exact) mass is 1240 g/mol. The third kappa shape index (κ3) is 10.8. The van der Waals surface area contributed by atoms with Gasteiger partial charge in [0.1, 0.15) is 26.7 Å². The van der Waals surface area contributed by atoms with Crippen LogP contribution in [-0.2, 0) is 42.7 Å². The molecule has 12 rings (SSSR count). The number of imidazole rings is 1. The van der Waals surface area contributed by atoms with Gasteiger partial charge in [-0.05, 0) is 107 Å². The van der Waals surface area contributed by atoms with Crippen LogP contribution in [0.25, 0.3) is 65.0 Å². The first-order chi connectivity index (χ1) is 40.1. The molecular formula is C56H49F6N7O11S4. The fourth-order valence-electron chi connectivity index (χ4n) is 10.2. The van der Waals surface area contributed by atoms with Crippen molar-refractivity contribution in [2.45, 2.75) is 31.0 Å². The Bertz CT molecular complexity index is 4480. The van der Waals surface area contributed by atoms with E-state index in [1.807, 2.05) is 35.8 Å². The van der Waals surface area contributed by atoms with E-state index >= 15 is 0 Å². The van der Waals surface area contributed by atoms with E-state index in [1.165, 1.54) is 48.5 Å². The maximum Gasteiger partial charge on any atom is 0.534 e. The van der Waals surface area contributed by atoms with Crippen molar-refractivity contribution in [3.63, 3.8) is 0 Å².